The van der Waals surface area contributed by atoms with Crippen LogP contribution >= 0.6 is 0 Å². The van der Waals surface area contributed by atoms with E-state index in [1.54, 1.807) is 6.92 Å². The van der Waals surface area contributed by atoms with Crippen LogP contribution in [0, 0.1) is 6.92 Å². The highest BCUT2D eigenvalue weighted by molar-refractivity contribution is 5.75. The van der Waals surface area contributed by atoms with Crippen LogP contribution in [0.3, 0.4) is 0 Å². The Morgan fingerprint density at radius 1 is 1.45 bits per heavy atom. The summed E-state index contributed by atoms with van der Waals surface area (Å²) in [4.78, 5) is 16.4. The number of nitrogens with one attached hydrogen (secondary N) is 2. The highest BCUT2D eigenvalue weighted by atomic mass is 16.5. The zero-order valence-corrected chi connectivity index (χ0v) is 11.7. The van der Waals surface area contributed by atoms with Crippen molar-refractivity contribution in [2.24, 2.45) is 0 Å². The molecule has 1 heterocycles. The predicted octanol–water partition coefficient (Wildman–Crippen LogP) is 2.17. The topological polar surface area (TPSA) is 80.0 Å². The van der Waals surface area contributed by atoms with Crippen LogP contribution in [0.1, 0.15) is 50.2 Å². The first-order valence-electron chi connectivity index (χ1n) is 7.24. The van der Waals surface area contributed by atoms with Crippen molar-refractivity contribution in [1.29, 1.82) is 0 Å². The first-order valence-corrected chi connectivity index (χ1v) is 7.24. The first kappa shape index (κ1) is 13.1. The van der Waals surface area contributed by atoms with Crippen LogP contribution in [0.4, 0.5) is 4.79 Å². The van der Waals surface area contributed by atoms with E-state index in [-0.39, 0.29) is 12.1 Å². The van der Waals surface area contributed by atoms with E-state index >= 15 is 0 Å². The van der Waals surface area contributed by atoms with Gasteiger partial charge < -0.3 is 15.2 Å². The number of amides is 2. The Labute approximate surface area is 118 Å². The lowest BCUT2D eigenvalue weighted by atomic mass is 9.76. The van der Waals surface area contributed by atoms with E-state index in [2.05, 4.69) is 32.9 Å². The fourth-order valence-corrected chi connectivity index (χ4v) is 2.78. The molecule has 3 rings (SSSR count). The molecule has 0 spiro atoms. The number of hydrogen-bond acceptors (Lipinski definition) is 4. The normalized spacial score (nSPS) is 23.9. The lowest BCUT2D eigenvalue weighted by molar-refractivity contribution is 0.163. The predicted molar refractivity (Wildman–Crippen MR) is 73.0 cm³/mol. The zero-order valence-electron chi connectivity index (χ0n) is 11.7. The number of allylic oxidation sites excluding steroid dienone is 1. The Morgan fingerprint density at radius 3 is 2.85 bits per heavy atom. The summed E-state index contributed by atoms with van der Waals surface area (Å²) in [5.74, 6) is 1.12. The van der Waals surface area contributed by atoms with Crippen LogP contribution in [-0.4, -0.2) is 22.2 Å². The molecule has 2 N–H and O–H groups in total. The quantitative estimate of drug-likeness (QED) is 0.829. The molecule has 0 unspecified atom stereocenters. The Bertz CT molecular complexity index is 519. The summed E-state index contributed by atoms with van der Waals surface area (Å²) in [6, 6.07) is -0.0171. The molecule has 0 aliphatic heterocycles. The second-order valence-corrected chi connectivity index (χ2v) is 5.64. The van der Waals surface area contributed by atoms with E-state index in [9.17, 15) is 4.79 Å². The van der Waals surface area contributed by atoms with Crippen LogP contribution in [0.5, 0.6) is 0 Å². The maximum absolute atomic E-state index is 12.2. The molecule has 1 atom stereocenters. The fourth-order valence-electron chi connectivity index (χ4n) is 2.78. The summed E-state index contributed by atoms with van der Waals surface area (Å²) in [5, 5.41) is 10.0. The van der Waals surface area contributed by atoms with E-state index in [0.717, 1.165) is 38.5 Å². The molecule has 1 aromatic heterocycles. The first-order chi connectivity index (χ1) is 9.68. The smallest absolute Gasteiger partial charge is 0.316 e. The summed E-state index contributed by atoms with van der Waals surface area (Å²) in [6.07, 6.45) is 10.2. The highest BCUT2D eigenvalue weighted by Gasteiger charge is 2.44. The lowest BCUT2D eigenvalue weighted by Gasteiger charge is -2.39. The number of aromatic nitrogens is 2. The minimum atomic E-state index is -0.444. The van der Waals surface area contributed by atoms with Gasteiger partial charge in [0.25, 0.3) is 0 Å². The molecule has 0 radical (unpaired) electrons. The molecule has 1 aromatic rings. The van der Waals surface area contributed by atoms with Crippen molar-refractivity contribution in [1.82, 2.24) is 20.8 Å². The molecular weight excluding hydrogens is 256 g/mol. The maximum atomic E-state index is 12.2. The van der Waals surface area contributed by atoms with E-state index in [1.165, 1.54) is 0 Å². The SMILES string of the molecule is Cc1nc(C2(NC(=O)N[C@H]3C=CCCC3)CCC2)no1. The largest absolute Gasteiger partial charge is 0.340 e. The molecule has 0 saturated heterocycles. The van der Waals surface area contributed by atoms with Crippen LogP contribution in [0.15, 0.2) is 16.7 Å². The molecule has 0 bridgehead atoms. The van der Waals surface area contributed by atoms with Gasteiger partial charge in [-0.05, 0) is 38.5 Å². The maximum Gasteiger partial charge on any atom is 0.316 e. The Balaban J connectivity index is 1.64. The number of aryl methyl sites for hydroxylation is 1. The summed E-state index contributed by atoms with van der Waals surface area (Å²) >= 11 is 0. The third kappa shape index (κ3) is 2.55. The average molecular weight is 276 g/mol. The highest BCUT2D eigenvalue weighted by Crippen LogP contribution is 2.39. The molecule has 2 aliphatic rings. The van der Waals surface area contributed by atoms with Gasteiger partial charge in [0.05, 0.1) is 0 Å². The van der Waals surface area contributed by atoms with Crippen molar-refractivity contribution in [3.05, 3.63) is 23.9 Å². The molecule has 0 aromatic carbocycles. The van der Waals surface area contributed by atoms with Crippen molar-refractivity contribution in [2.75, 3.05) is 0 Å². The standard InChI is InChI=1S/C14H20N4O2/c1-10-15-12(18-20-10)14(8-5-9-14)17-13(19)16-11-6-3-2-4-7-11/h3,6,11H,2,4-5,7-9H2,1H3,(H2,16,17,19)/t11-/m0/s1. The van der Waals surface area contributed by atoms with Crippen LogP contribution in [0.2, 0.25) is 0 Å². The molecule has 6 nitrogen and oxygen atoms in total. The van der Waals surface area contributed by atoms with Gasteiger partial charge in [-0.25, -0.2) is 4.79 Å². The molecule has 6 heteroatoms. The summed E-state index contributed by atoms with van der Waals surface area (Å²) in [7, 11) is 0. The minimum Gasteiger partial charge on any atom is -0.340 e. The van der Waals surface area contributed by atoms with E-state index in [1.807, 2.05) is 0 Å². The summed E-state index contributed by atoms with van der Waals surface area (Å²) in [6.45, 7) is 1.76. The second-order valence-electron chi connectivity index (χ2n) is 5.64. The number of hydrogen-bond donors (Lipinski definition) is 2. The van der Waals surface area contributed by atoms with E-state index in [4.69, 9.17) is 4.52 Å². The monoisotopic (exact) mass is 276 g/mol. The van der Waals surface area contributed by atoms with E-state index in [0.29, 0.717) is 11.7 Å². The molecule has 2 amide bonds. The molecule has 20 heavy (non-hydrogen) atoms. The van der Waals surface area contributed by atoms with Gasteiger partial charge >= 0.3 is 6.03 Å². The summed E-state index contributed by atoms with van der Waals surface area (Å²) < 4.78 is 5.03. The van der Waals surface area contributed by atoms with Crippen molar-refractivity contribution in [2.45, 2.75) is 57.0 Å². The van der Waals surface area contributed by atoms with Gasteiger partial charge in [0, 0.05) is 13.0 Å². The molecule has 2 aliphatic carbocycles. The molecule has 1 fully saturated rings. The van der Waals surface area contributed by atoms with E-state index < -0.39 is 5.54 Å². The minimum absolute atomic E-state index is 0.132. The van der Waals surface area contributed by atoms with Crippen LogP contribution < -0.4 is 10.6 Å². The number of urea groups is 1. The average Bonchev–Trinajstić information content (AvgIpc) is 2.82. The number of rotatable bonds is 3. The van der Waals surface area contributed by atoms with Crippen LogP contribution in [0.25, 0.3) is 0 Å². The van der Waals surface area contributed by atoms with Crippen LogP contribution in [-0.2, 0) is 5.54 Å². The zero-order chi connectivity index (χ0) is 14.0. The third-order valence-electron chi connectivity index (χ3n) is 4.09. The third-order valence-corrected chi connectivity index (χ3v) is 4.09. The Hall–Kier alpha value is -1.85. The van der Waals surface area contributed by atoms with Gasteiger partial charge in [0.1, 0.15) is 5.54 Å². The number of carbonyl (C=O) groups is 1. The van der Waals surface area contributed by atoms with Crippen molar-refractivity contribution < 1.29 is 9.32 Å². The van der Waals surface area contributed by atoms with Gasteiger partial charge in [-0.1, -0.05) is 17.3 Å². The summed E-state index contributed by atoms with van der Waals surface area (Å²) in [5.41, 5.74) is -0.444. The number of carbonyl (C=O) groups excluding carboxylic acids is 1. The van der Waals surface area contributed by atoms with Gasteiger partial charge in [-0.3, -0.25) is 0 Å². The van der Waals surface area contributed by atoms with Crippen molar-refractivity contribution in [3.63, 3.8) is 0 Å². The molecule has 1 saturated carbocycles. The van der Waals surface area contributed by atoms with Gasteiger partial charge in [0.15, 0.2) is 5.82 Å². The van der Waals surface area contributed by atoms with Crippen molar-refractivity contribution in [3.8, 4) is 0 Å². The Kier molecular flexibility index (Phi) is 3.46. The van der Waals surface area contributed by atoms with Gasteiger partial charge in [-0.2, -0.15) is 4.98 Å². The fraction of sp³-hybridized carbons (Fsp3) is 0.643. The lowest BCUT2D eigenvalue weighted by Crippen LogP contribution is -2.55. The molecular formula is C14H20N4O2. The van der Waals surface area contributed by atoms with Gasteiger partial charge in [0.2, 0.25) is 5.89 Å². The number of nitrogens with zero attached hydrogens (tertiary/aromatic N) is 2. The van der Waals surface area contributed by atoms with Crippen molar-refractivity contribution >= 4 is 6.03 Å². The Morgan fingerprint density at radius 2 is 2.30 bits per heavy atom. The van der Waals surface area contributed by atoms with Gasteiger partial charge in [-0.15, -0.1) is 0 Å². The second kappa shape index (κ2) is 5.26. The molecule has 108 valence electrons.